The molecule has 0 fully saturated rings. The van der Waals surface area contributed by atoms with Crippen molar-refractivity contribution in [1.82, 2.24) is 18.7 Å². The molecule has 0 saturated carbocycles. The van der Waals surface area contributed by atoms with Crippen LogP contribution in [0.1, 0.15) is 66.7 Å². The molecule has 0 aliphatic heterocycles. The first-order valence-corrected chi connectivity index (χ1v) is 10.3. The lowest BCUT2D eigenvalue weighted by molar-refractivity contribution is 0.103. The topological polar surface area (TPSA) is 68.6 Å². The molecule has 0 bridgehead atoms. The van der Waals surface area contributed by atoms with E-state index in [1.165, 1.54) is 0 Å². The maximum atomic E-state index is 14.6. The summed E-state index contributed by atoms with van der Waals surface area (Å²) in [4.78, 5) is 21.8. The monoisotopic (exact) mass is 446 g/mol. The number of aromatic nitrogens is 4. The van der Waals surface area contributed by atoms with Gasteiger partial charge in [-0.15, -0.1) is 0 Å². The number of fused-ring (bicyclic) bond motifs is 5. The predicted molar refractivity (Wildman–Crippen MR) is 107 cm³/mol. The van der Waals surface area contributed by atoms with Crippen molar-refractivity contribution in [2.45, 2.75) is 39.5 Å². The maximum absolute atomic E-state index is 14.6. The van der Waals surface area contributed by atoms with E-state index >= 15 is 0 Å². The number of hydrogen-bond donors (Lipinski definition) is 0. The summed E-state index contributed by atoms with van der Waals surface area (Å²) in [6.07, 6.45) is 0. The van der Waals surface area contributed by atoms with E-state index in [-0.39, 0.29) is 23.2 Å². The van der Waals surface area contributed by atoms with E-state index in [1.807, 2.05) is 27.7 Å². The number of ketones is 1. The summed E-state index contributed by atoms with van der Waals surface area (Å²) in [6, 6.07) is 0. The lowest BCUT2D eigenvalue weighted by atomic mass is 9.92. The van der Waals surface area contributed by atoms with Gasteiger partial charge in [0.1, 0.15) is 22.4 Å². The van der Waals surface area contributed by atoms with E-state index in [9.17, 15) is 22.4 Å². The van der Waals surface area contributed by atoms with Gasteiger partial charge >= 0.3 is 0 Å². The lowest BCUT2D eigenvalue weighted by Gasteiger charge is -2.16. The summed E-state index contributed by atoms with van der Waals surface area (Å²) in [7, 11) is 0. The third-order valence-electron chi connectivity index (χ3n) is 5.51. The Morgan fingerprint density at radius 2 is 1.10 bits per heavy atom. The molecular formula is C21H14F4N4OS. The zero-order chi connectivity index (χ0) is 22.4. The molecule has 5 nitrogen and oxygen atoms in total. The van der Waals surface area contributed by atoms with Crippen molar-refractivity contribution in [3.05, 3.63) is 45.7 Å². The van der Waals surface area contributed by atoms with Crippen LogP contribution < -0.4 is 0 Å². The van der Waals surface area contributed by atoms with Crippen LogP contribution >= 0.6 is 11.7 Å². The zero-order valence-electron chi connectivity index (χ0n) is 16.8. The first-order valence-electron chi connectivity index (χ1n) is 9.55. The van der Waals surface area contributed by atoms with Crippen LogP contribution in [0.25, 0.3) is 33.3 Å². The Morgan fingerprint density at radius 1 is 0.645 bits per heavy atom. The van der Waals surface area contributed by atoms with Crippen molar-refractivity contribution in [2.75, 3.05) is 0 Å². The van der Waals surface area contributed by atoms with Crippen LogP contribution in [-0.2, 0) is 0 Å². The Labute approximate surface area is 177 Å². The molecule has 2 aromatic carbocycles. The molecular weight excluding hydrogens is 432 g/mol. The second kappa shape index (κ2) is 6.49. The van der Waals surface area contributed by atoms with Crippen molar-refractivity contribution in [3.8, 4) is 11.3 Å². The van der Waals surface area contributed by atoms with Crippen LogP contribution in [0.2, 0.25) is 0 Å². The second-order valence-electron chi connectivity index (χ2n) is 8.05. The van der Waals surface area contributed by atoms with Gasteiger partial charge in [0, 0.05) is 11.1 Å². The summed E-state index contributed by atoms with van der Waals surface area (Å²) in [5.74, 6) is -8.66. The lowest BCUT2D eigenvalue weighted by Crippen LogP contribution is -2.07. The molecule has 5 rings (SSSR count). The van der Waals surface area contributed by atoms with Gasteiger partial charge in [0.2, 0.25) is 5.78 Å². The SMILES string of the molecule is CC(C)c1c2nsnc2c(C(C)C)c2nc3c(nc12)C(=O)c1c(F)c(F)c(F)c(F)c1-3. The predicted octanol–water partition coefficient (Wildman–Crippen LogP) is 5.65. The van der Waals surface area contributed by atoms with Crippen molar-refractivity contribution in [3.63, 3.8) is 0 Å². The van der Waals surface area contributed by atoms with Gasteiger partial charge in [0.25, 0.3) is 0 Å². The summed E-state index contributed by atoms with van der Waals surface area (Å²) in [5, 5.41) is 0. The van der Waals surface area contributed by atoms with Gasteiger partial charge in [-0.1, -0.05) is 27.7 Å². The molecule has 0 spiro atoms. The van der Waals surface area contributed by atoms with Crippen LogP contribution in [0.5, 0.6) is 0 Å². The van der Waals surface area contributed by atoms with Crippen LogP contribution in [0.3, 0.4) is 0 Å². The number of carbonyl (C=O) groups excluding carboxylic acids is 1. The third-order valence-corrected chi connectivity index (χ3v) is 6.03. The van der Waals surface area contributed by atoms with Gasteiger partial charge in [-0.2, -0.15) is 8.75 Å². The van der Waals surface area contributed by atoms with Crippen molar-refractivity contribution < 1.29 is 22.4 Å². The Bertz CT molecular complexity index is 1460. The minimum atomic E-state index is -2.04. The highest BCUT2D eigenvalue weighted by atomic mass is 32.1. The Morgan fingerprint density at radius 3 is 1.58 bits per heavy atom. The van der Waals surface area contributed by atoms with E-state index in [2.05, 4.69) is 18.7 Å². The van der Waals surface area contributed by atoms with Crippen molar-refractivity contribution in [2.24, 2.45) is 0 Å². The minimum absolute atomic E-state index is 0.0790. The van der Waals surface area contributed by atoms with Crippen molar-refractivity contribution in [1.29, 1.82) is 0 Å². The van der Waals surface area contributed by atoms with Crippen LogP contribution in [0.4, 0.5) is 17.6 Å². The number of halogens is 4. The molecule has 31 heavy (non-hydrogen) atoms. The highest BCUT2D eigenvalue weighted by molar-refractivity contribution is 7.00. The molecule has 0 amide bonds. The van der Waals surface area contributed by atoms with Crippen LogP contribution in [-0.4, -0.2) is 24.5 Å². The van der Waals surface area contributed by atoms with Crippen LogP contribution in [0.15, 0.2) is 0 Å². The van der Waals surface area contributed by atoms with E-state index in [0.29, 0.717) is 33.2 Å². The van der Waals surface area contributed by atoms with Gasteiger partial charge in [0.05, 0.1) is 33.9 Å². The standard InChI is InChI=1S/C21H14F4N4OS/c1-5(2)7-15-16(8(6(3)4)19-18(7)28-31-29-19)27-20-17(26-15)9-10(21(20)30)12(23)14(25)13(24)11(9)22/h5-6H,1-4H3. The van der Waals surface area contributed by atoms with Gasteiger partial charge in [-0.3, -0.25) is 4.79 Å². The molecule has 2 aromatic heterocycles. The maximum Gasteiger partial charge on any atom is 0.217 e. The highest BCUT2D eigenvalue weighted by Crippen LogP contribution is 2.44. The quantitative estimate of drug-likeness (QED) is 0.199. The zero-order valence-corrected chi connectivity index (χ0v) is 17.6. The normalized spacial score (nSPS) is 13.2. The van der Waals surface area contributed by atoms with Crippen LogP contribution in [0, 0.1) is 23.3 Å². The smallest absolute Gasteiger partial charge is 0.217 e. The third kappa shape index (κ3) is 2.45. The second-order valence-corrected chi connectivity index (χ2v) is 8.58. The number of hydrogen-bond acceptors (Lipinski definition) is 6. The Hall–Kier alpha value is -3.01. The van der Waals surface area contributed by atoms with E-state index in [4.69, 9.17) is 0 Å². The molecule has 158 valence electrons. The molecule has 0 saturated heterocycles. The van der Waals surface area contributed by atoms with Gasteiger partial charge < -0.3 is 0 Å². The number of nitrogens with zero attached hydrogens (tertiary/aromatic N) is 4. The average Bonchev–Trinajstić information content (AvgIpc) is 3.29. The van der Waals surface area contributed by atoms with E-state index in [1.54, 1.807) is 0 Å². The fourth-order valence-electron chi connectivity index (χ4n) is 4.19. The van der Waals surface area contributed by atoms with Gasteiger partial charge in [-0.05, 0) is 11.8 Å². The molecule has 10 heteroatoms. The summed E-state index contributed by atoms with van der Waals surface area (Å²) in [5.41, 5.74) is 1.09. The molecule has 0 radical (unpaired) electrons. The first kappa shape index (κ1) is 19.9. The average molecular weight is 446 g/mol. The van der Waals surface area contributed by atoms with E-state index < -0.39 is 40.2 Å². The minimum Gasteiger partial charge on any atom is -0.287 e. The number of rotatable bonds is 2. The highest BCUT2D eigenvalue weighted by Gasteiger charge is 2.40. The molecule has 4 aromatic rings. The van der Waals surface area contributed by atoms with Gasteiger partial charge in [0.15, 0.2) is 23.3 Å². The molecule has 1 aliphatic carbocycles. The number of benzene rings is 2. The van der Waals surface area contributed by atoms with E-state index in [0.717, 1.165) is 11.7 Å². The molecule has 1 aliphatic rings. The Kier molecular flexibility index (Phi) is 4.17. The number of carbonyl (C=O) groups is 1. The summed E-state index contributed by atoms with van der Waals surface area (Å²) >= 11 is 1.03. The van der Waals surface area contributed by atoms with Crippen molar-refractivity contribution >= 4 is 39.6 Å². The first-order chi connectivity index (χ1) is 14.6. The molecule has 0 unspecified atom stereocenters. The molecule has 0 N–H and O–H groups in total. The largest absolute Gasteiger partial charge is 0.287 e. The fraction of sp³-hybridized carbons (Fsp3) is 0.286. The fourth-order valence-corrected chi connectivity index (χ4v) is 4.76. The summed E-state index contributed by atoms with van der Waals surface area (Å²) in [6.45, 7) is 7.65. The van der Waals surface area contributed by atoms with Gasteiger partial charge in [-0.25, -0.2) is 27.5 Å². The Balaban J connectivity index is 2.01. The molecule has 2 heterocycles. The summed E-state index contributed by atoms with van der Waals surface area (Å²) < 4.78 is 65.6. The molecule has 0 atom stereocenters.